The number of aliphatic carboxylic acids is 1. The van der Waals surface area contributed by atoms with Gasteiger partial charge in [-0.25, -0.2) is 4.98 Å². The Labute approximate surface area is 192 Å². The molecule has 2 heterocycles. The number of hydrogen-bond donors (Lipinski definition) is 1. The quantitative estimate of drug-likeness (QED) is 0.548. The van der Waals surface area contributed by atoms with Gasteiger partial charge in [0.05, 0.1) is 21.6 Å². The van der Waals surface area contributed by atoms with Gasteiger partial charge in [0.25, 0.3) is 0 Å². The minimum Gasteiger partial charge on any atom is -0.481 e. The molecule has 0 amide bonds. The van der Waals surface area contributed by atoms with Crippen LogP contribution in [0.3, 0.4) is 0 Å². The first-order valence-corrected chi connectivity index (χ1v) is 12.3. The molecule has 1 aliphatic carbocycles. The maximum Gasteiger partial charge on any atom is 0.304 e. The number of anilines is 1. The van der Waals surface area contributed by atoms with E-state index in [-0.39, 0.29) is 12.2 Å². The van der Waals surface area contributed by atoms with E-state index in [0.29, 0.717) is 25.7 Å². The van der Waals surface area contributed by atoms with Gasteiger partial charge in [-0.3, -0.25) is 9.59 Å². The highest BCUT2D eigenvalue weighted by atomic mass is 32.1. The van der Waals surface area contributed by atoms with Gasteiger partial charge in [-0.2, -0.15) is 0 Å². The summed E-state index contributed by atoms with van der Waals surface area (Å²) in [6.07, 6.45) is 5.63. The molecule has 1 aromatic heterocycles. The summed E-state index contributed by atoms with van der Waals surface area (Å²) >= 11 is 1.65. The number of aryl methyl sites for hydroxylation is 1. The molecular weight excluding hydrogens is 420 g/mol. The fraction of sp³-hybridized carbons (Fsp3) is 0.423. The molecule has 1 fully saturated rings. The van der Waals surface area contributed by atoms with Gasteiger partial charge < -0.3 is 10.0 Å². The normalized spacial score (nSPS) is 17.4. The van der Waals surface area contributed by atoms with Crippen LogP contribution in [0.5, 0.6) is 0 Å². The van der Waals surface area contributed by atoms with Gasteiger partial charge >= 0.3 is 5.97 Å². The lowest BCUT2D eigenvalue weighted by atomic mass is 9.76. The Morgan fingerprint density at radius 3 is 2.44 bits per heavy atom. The van der Waals surface area contributed by atoms with Gasteiger partial charge in [0.2, 0.25) is 0 Å². The number of benzene rings is 2. The largest absolute Gasteiger partial charge is 0.481 e. The molecule has 2 aromatic carbocycles. The minimum atomic E-state index is -0.906. The van der Waals surface area contributed by atoms with Crippen LogP contribution in [0.4, 0.5) is 5.69 Å². The molecule has 2 aliphatic rings. The number of aromatic nitrogens is 1. The zero-order valence-electron chi connectivity index (χ0n) is 18.2. The Hall–Kier alpha value is -2.73. The van der Waals surface area contributed by atoms with Crippen molar-refractivity contribution in [3.63, 3.8) is 0 Å². The van der Waals surface area contributed by atoms with Gasteiger partial charge in [-0.05, 0) is 61.4 Å². The number of nitrogens with zero attached hydrogens (tertiary/aromatic N) is 2. The van der Waals surface area contributed by atoms with Crippen molar-refractivity contribution >= 4 is 39.0 Å². The highest BCUT2D eigenvalue weighted by molar-refractivity contribution is 7.18. The standard InChI is InChI=1S/C26H28N2O3S/c29-23(26(17-25(30)31)15-18-6-2-3-7-19(18)16-26)10-11-24-27-21-9-8-20(14-22(21)32-24)28-12-4-1-5-13-28/h2-3,6-9,14H,1,4-5,10-13,15-17H2,(H,30,31). The summed E-state index contributed by atoms with van der Waals surface area (Å²) in [7, 11) is 0. The second-order valence-electron chi connectivity index (χ2n) is 9.20. The van der Waals surface area contributed by atoms with Crippen LogP contribution in [0.2, 0.25) is 0 Å². The van der Waals surface area contributed by atoms with Crippen LogP contribution in [0.1, 0.15) is 48.2 Å². The van der Waals surface area contributed by atoms with E-state index in [1.165, 1.54) is 24.9 Å². The Kier molecular flexibility index (Phi) is 5.72. The van der Waals surface area contributed by atoms with E-state index in [1.807, 2.05) is 24.3 Å². The van der Waals surface area contributed by atoms with Crippen molar-refractivity contribution in [3.8, 4) is 0 Å². The Morgan fingerprint density at radius 2 is 1.75 bits per heavy atom. The predicted molar refractivity (Wildman–Crippen MR) is 128 cm³/mol. The van der Waals surface area contributed by atoms with E-state index < -0.39 is 11.4 Å². The first-order valence-electron chi connectivity index (χ1n) is 11.5. The van der Waals surface area contributed by atoms with Crippen molar-refractivity contribution in [3.05, 3.63) is 58.6 Å². The third kappa shape index (κ3) is 4.16. The molecule has 166 valence electrons. The van der Waals surface area contributed by atoms with Crippen LogP contribution in [0.15, 0.2) is 42.5 Å². The molecule has 0 atom stereocenters. The molecule has 1 aliphatic heterocycles. The molecule has 0 saturated carbocycles. The van der Waals surface area contributed by atoms with Crippen molar-refractivity contribution in [1.82, 2.24) is 4.98 Å². The Morgan fingerprint density at radius 1 is 1.03 bits per heavy atom. The summed E-state index contributed by atoms with van der Waals surface area (Å²) in [4.78, 5) is 32.1. The molecule has 0 unspecified atom stereocenters. The number of carboxylic acid groups (broad SMARTS) is 1. The number of ketones is 1. The topological polar surface area (TPSA) is 70.5 Å². The number of rotatable bonds is 7. The van der Waals surface area contributed by atoms with Gasteiger partial charge in [0.15, 0.2) is 0 Å². The minimum absolute atomic E-state index is 0.0457. The van der Waals surface area contributed by atoms with E-state index in [0.717, 1.165) is 39.4 Å². The fourth-order valence-corrected chi connectivity index (χ4v) is 6.31. The van der Waals surface area contributed by atoms with E-state index in [1.54, 1.807) is 11.3 Å². The predicted octanol–water partition coefficient (Wildman–Crippen LogP) is 5.05. The van der Waals surface area contributed by atoms with Crippen molar-refractivity contribution < 1.29 is 14.7 Å². The Bertz CT molecular complexity index is 1140. The number of carbonyl (C=O) groups excluding carboxylic acids is 1. The molecule has 5 rings (SSSR count). The van der Waals surface area contributed by atoms with Crippen LogP contribution < -0.4 is 4.90 Å². The highest BCUT2D eigenvalue weighted by Gasteiger charge is 2.44. The van der Waals surface area contributed by atoms with E-state index in [2.05, 4.69) is 23.1 Å². The molecule has 0 radical (unpaired) electrons. The van der Waals surface area contributed by atoms with Crippen molar-refractivity contribution in [2.24, 2.45) is 5.41 Å². The molecule has 5 nitrogen and oxygen atoms in total. The third-order valence-corrected chi connectivity index (χ3v) is 8.04. The maximum atomic E-state index is 13.3. The number of fused-ring (bicyclic) bond motifs is 2. The summed E-state index contributed by atoms with van der Waals surface area (Å²) in [5.74, 6) is -0.860. The molecule has 0 bridgehead atoms. The maximum absolute atomic E-state index is 13.3. The average molecular weight is 449 g/mol. The number of thiazole rings is 1. The summed E-state index contributed by atoms with van der Waals surface area (Å²) in [5.41, 5.74) is 3.62. The summed E-state index contributed by atoms with van der Waals surface area (Å²) in [6, 6.07) is 14.4. The van der Waals surface area contributed by atoms with Gasteiger partial charge in [-0.1, -0.05) is 24.3 Å². The zero-order chi connectivity index (χ0) is 22.1. The molecule has 1 N–H and O–H groups in total. The number of hydrogen-bond acceptors (Lipinski definition) is 5. The second-order valence-corrected chi connectivity index (χ2v) is 10.3. The van der Waals surface area contributed by atoms with Gasteiger partial charge in [-0.15, -0.1) is 11.3 Å². The summed E-state index contributed by atoms with van der Waals surface area (Å²) < 4.78 is 1.16. The van der Waals surface area contributed by atoms with E-state index in [9.17, 15) is 14.7 Å². The number of Topliss-reactive ketones (excluding diaryl/α,β-unsaturated/α-hetero) is 1. The molecule has 6 heteroatoms. The number of carbonyl (C=O) groups is 2. The van der Waals surface area contributed by atoms with Crippen molar-refractivity contribution in [2.45, 2.75) is 51.4 Å². The van der Waals surface area contributed by atoms with Gasteiger partial charge in [0.1, 0.15) is 5.78 Å². The van der Waals surface area contributed by atoms with Crippen LogP contribution >= 0.6 is 11.3 Å². The van der Waals surface area contributed by atoms with Crippen LogP contribution in [0.25, 0.3) is 10.2 Å². The smallest absolute Gasteiger partial charge is 0.304 e. The fourth-order valence-electron chi connectivity index (χ4n) is 5.31. The summed E-state index contributed by atoms with van der Waals surface area (Å²) in [6.45, 7) is 2.22. The SMILES string of the molecule is O=C(O)CC1(C(=O)CCc2nc3ccc(N4CCCCC4)cc3s2)Cc2ccccc2C1. The van der Waals surface area contributed by atoms with Gasteiger partial charge in [0, 0.05) is 37.0 Å². The highest BCUT2D eigenvalue weighted by Crippen LogP contribution is 2.42. The van der Waals surface area contributed by atoms with Crippen LogP contribution in [-0.4, -0.2) is 34.9 Å². The summed E-state index contributed by atoms with van der Waals surface area (Å²) in [5, 5.41) is 10.5. The molecule has 1 saturated heterocycles. The Balaban J connectivity index is 1.30. The second kappa shape index (κ2) is 8.66. The van der Waals surface area contributed by atoms with E-state index in [4.69, 9.17) is 4.98 Å². The number of piperidine rings is 1. The lowest BCUT2D eigenvalue weighted by Crippen LogP contribution is -2.35. The molecule has 0 spiro atoms. The lowest BCUT2D eigenvalue weighted by molar-refractivity contribution is -0.144. The van der Waals surface area contributed by atoms with Crippen molar-refractivity contribution in [1.29, 1.82) is 0 Å². The van der Waals surface area contributed by atoms with Crippen LogP contribution in [-0.2, 0) is 28.9 Å². The van der Waals surface area contributed by atoms with Crippen molar-refractivity contribution in [2.75, 3.05) is 18.0 Å². The third-order valence-electron chi connectivity index (χ3n) is 6.96. The average Bonchev–Trinajstić information content (AvgIpc) is 3.38. The number of carboxylic acids is 1. The first-order chi connectivity index (χ1) is 15.5. The monoisotopic (exact) mass is 448 g/mol. The first kappa shape index (κ1) is 21.1. The molecule has 32 heavy (non-hydrogen) atoms. The van der Waals surface area contributed by atoms with Crippen LogP contribution in [0, 0.1) is 5.41 Å². The molecular formula is C26H28N2O3S. The molecule has 3 aromatic rings. The van der Waals surface area contributed by atoms with E-state index >= 15 is 0 Å². The zero-order valence-corrected chi connectivity index (χ0v) is 19.0. The lowest BCUT2D eigenvalue weighted by Gasteiger charge is -2.28.